The first-order valence-electron chi connectivity index (χ1n) is 17.1. The summed E-state index contributed by atoms with van der Waals surface area (Å²) in [4.78, 5) is 2.35. The van der Waals surface area contributed by atoms with E-state index in [9.17, 15) is 0 Å². The third kappa shape index (κ3) is 4.41. The molecule has 0 atom stereocenters. The standard InChI is InChI=1S/C47H33NO/c1-29(2)30-17-20-37(21-18-30)48(45-13-8-12-40-39-11-6-7-14-46(39)49-47(40)45)38-22-19-34-26-42-41-25-33-16-15-32(31-9-4-3-5-10-31)23-35(33)27-43(41)44(42)28-36(34)24-38/h3-29H,1-2H3. The minimum Gasteiger partial charge on any atom is -0.454 e. The molecule has 0 spiro atoms. The Hall–Kier alpha value is -6.12. The number of furan rings is 1. The molecule has 0 unspecified atom stereocenters. The van der Waals surface area contributed by atoms with Gasteiger partial charge in [-0.25, -0.2) is 0 Å². The van der Waals surface area contributed by atoms with Gasteiger partial charge in [0, 0.05) is 22.1 Å². The lowest BCUT2D eigenvalue weighted by molar-refractivity contribution is 0.669. The van der Waals surface area contributed by atoms with Crippen molar-refractivity contribution in [3.63, 3.8) is 0 Å². The molecule has 10 rings (SSSR count). The molecule has 8 aromatic carbocycles. The summed E-state index contributed by atoms with van der Waals surface area (Å²) in [6.07, 6.45) is 0. The number of hydrogen-bond acceptors (Lipinski definition) is 2. The number of anilines is 3. The molecule has 0 bridgehead atoms. The monoisotopic (exact) mass is 627 g/mol. The number of nitrogens with zero attached hydrogens (tertiary/aromatic N) is 1. The molecule has 1 aromatic heterocycles. The van der Waals surface area contributed by atoms with E-state index in [1.54, 1.807) is 0 Å². The number of hydrogen-bond donors (Lipinski definition) is 0. The van der Waals surface area contributed by atoms with Crippen LogP contribution in [0.15, 0.2) is 162 Å². The molecule has 49 heavy (non-hydrogen) atoms. The van der Waals surface area contributed by atoms with Gasteiger partial charge in [-0.2, -0.15) is 0 Å². The number of benzene rings is 8. The fourth-order valence-electron chi connectivity index (χ4n) is 7.70. The van der Waals surface area contributed by atoms with Gasteiger partial charge in [-0.1, -0.05) is 105 Å². The van der Waals surface area contributed by atoms with Gasteiger partial charge in [0.05, 0.1) is 5.69 Å². The summed E-state index contributed by atoms with van der Waals surface area (Å²) in [5.41, 5.74) is 14.2. The summed E-state index contributed by atoms with van der Waals surface area (Å²) in [5, 5.41) is 7.27. The normalized spacial score (nSPS) is 12.1. The first-order valence-corrected chi connectivity index (χ1v) is 17.1. The van der Waals surface area contributed by atoms with Crippen LogP contribution in [0.4, 0.5) is 17.1 Å². The van der Waals surface area contributed by atoms with Gasteiger partial charge in [0.25, 0.3) is 0 Å². The molecule has 1 aliphatic rings. The Kier molecular flexibility index (Phi) is 6.10. The molecule has 0 fully saturated rings. The highest BCUT2D eigenvalue weighted by Gasteiger charge is 2.25. The van der Waals surface area contributed by atoms with Crippen LogP contribution in [0.25, 0.3) is 76.9 Å². The van der Waals surface area contributed by atoms with Crippen LogP contribution in [-0.2, 0) is 0 Å². The summed E-state index contributed by atoms with van der Waals surface area (Å²) in [6, 6.07) is 57.5. The summed E-state index contributed by atoms with van der Waals surface area (Å²) in [5.74, 6) is 0.463. The lowest BCUT2D eigenvalue weighted by Gasteiger charge is -2.28. The van der Waals surface area contributed by atoms with E-state index in [1.165, 1.54) is 60.5 Å². The zero-order valence-electron chi connectivity index (χ0n) is 27.4. The van der Waals surface area contributed by atoms with Crippen molar-refractivity contribution in [3.8, 4) is 33.4 Å². The van der Waals surface area contributed by atoms with E-state index in [0.29, 0.717) is 5.92 Å². The van der Waals surface area contributed by atoms with Crippen LogP contribution in [-0.4, -0.2) is 0 Å². The van der Waals surface area contributed by atoms with E-state index in [1.807, 2.05) is 6.07 Å². The quantitative estimate of drug-likeness (QED) is 0.189. The van der Waals surface area contributed by atoms with E-state index >= 15 is 0 Å². The maximum Gasteiger partial charge on any atom is 0.159 e. The van der Waals surface area contributed by atoms with Gasteiger partial charge in [-0.15, -0.1) is 0 Å². The first kappa shape index (κ1) is 27.9. The Labute approximate surface area is 285 Å². The summed E-state index contributed by atoms with van der Waals surface area (Å²) >= 11 is 0. The minimum atomic E-state index is 0.463. The van der Waals surface area contributed by atoms with Crippen LogP contribution >= 0.6 is 0 Å². The van der Waals surface area contributed by atoms with Crippen molar-refractivity contribution in [1.29, 1.82) is 0 Å². The molecule has 9 aromatic rings. The molecule has 0 N–H and O–H groups in total. The number of fused-ring (bicyclic) bond motifs is 9. The lowest BCUT2D eigenvalue weighted by Crippen LogP contribution is -2.10. The van der Waals surface area contributed by atoms with Gasteiger partial charge < -0.3 is 9.32 Å². The highest BCUT2D eigenvalue weighted by molar-refractivity contribution is 6.13. The van der Waals surface area contributed by atoms with E-state index in [4.69, 9.17) is 4.42 Å². The second-order valence-electron chi connectivity index (χ2n) is 13.6. The maximum atomic E-state index is 6.57. The van der Waals surface area contributed by atoms with E-state index in [0.717, 1.165) is 39.0 Å². The van der Waals surface area contributed by atoms with Crippen LogP contribution < -0.4 is 4.90 Å². The molecule has 1 heterocycles. The van der Waals surface area contributed by atoms with Crippen molar-refractivity contribution in [3.05, 3.63) is 163 Å². The molecular weight excluding hydrogens is 595 g/mol. The lowest BCUT2D eigenvalue weighted by atomic mass is 9.77. The summed E-state index contributed by atoms with van der Waals surface area (Å²) in [6.45, 7) is 4.48. The Morgan fingerprint density at radius 2 is 1.06 bits per heavy atom. The van der Waals surface area contributed by atoms with Crippen molar-refractivity contribution >= 4 is 60.5 Å². The van der Waals surface area contributed by atoms with E-state index < -0.39 is 0 Å². The Morgan fingerprint density at radius 3 is 1.80 bits per heavy atom. The molecule has 2 heteroatoms. The number of rotatable bonds is 5. The van der Waals surface area contributed by atoms with Gasteiger partial charge in [0.2, 0.25) is 0 Å². The fraction of sp³-hybridized carbons (Fsp3) is 0.0638. The van der Waals surface area contributed by atoms with Crippen LogP contribution in [0.1, 0.15) is 25.3 Å². The second-order valence-corrected chi connectivity index (χ2v) is 13.6. The van der Waals surface area contributed by atoms with E-state index in [-0.39, 0.29) is 0 Å². The predicted molar refractivity (Wildman–Crippen MR) is 207 cm³/mol. The summed E-state index contributed by atoms with van der Waals surface area (Å²) < 4.78 is 6.57. The highest BCUT2D eigenvalue weighted by Crippen LogP contribution is 2.51. The van der Waals surface area contributed by atoms with Gasteiger partial charge in [0.1, 0.15) is 5.58 Å². The Balaban J connectivity index is 1.11. The summed E-state index contributed by atoms with van der Waals surface area (Å²) in [7, 11) is 0. The van der Waals surface area contributed by atoms with Crippen molar-refractivity contribution in [2.45, 2.75) is 19.8 Å². The van der Waals surface area contributed by atoms with Gasteiger partial charge >= 0.3 is 0 Å². The minimum absolute atomic E-state index is 0.463. The van der Waals surface area contributed by atoms with Crippen LogP contribution in [0.3, 0.4) is 0 Å². The van der Waals surface area contributed by atoms with Crippen molar-refractivity contribution in [2.75, 3.05) is 4.90 Å². The average Bonchev–Trinajstić information content (AvgIpc) is 3.53. The van der Waals surface area contributed by atoms with Crippen molar-refractivity contribution < 1.29 is 4.42 Å². The number of para-hydroxylation sites is 2. The molecule has 1 aliphatic carbocycles. The molecule has 0 saturated heterocycles. The third-order valence-corrected chi connectivity index (χ3v) is 10.3. The highest BCUT2D eigenvalue weighted by atomic mass is 16.3. The Morgan fingerprint density at radius 1 is 0.449 bits per heavy atom. The van der Waals surface area contributed by atoms with Crippen LogP contribution in [0.5, 0.6) is 0 Å². The molecule has 0 amide bonds. The Bertz CT molecular complexity index is 2730. The van der Waals surface area contributed by atoms with Gasteiger partial charge in [-0.3, -0.25) is 0 Å². The fourth-order valence-corrected chi connectivity index (χ4v) is 7.70. The zero-order valence-corrected chi connectivity index (χ0v) is 27.4. The van der Waals surface area contributed by atoms with Gasteiger partial charge in [0.15, 0.2) is 5.58 Å². The molecule has 232 valence electrons. The van der Waals surface area contributed by atoms with E-state index in [2.05, 4.69) is 170 Å². The second kappa shape index (κ2) is 10.7. The van der Waals surface area contributed by atoms with Crippen molar-refractivity contribution in [2.24, 2.45) is 0 Å². The topological polar surface area (TPSA) is 16.4 Å². The first-order chi connectivity index (χ1) is 24.1. The van der Waals surface area contributed by atoms with Crippen LogP contribution in [0, 0.1) is 0 Å². The zero-order chi connectivity index (χ0) is 32.6. The van der Waals surface area contributed by atoms with Crippen LogP contribution in [0.2, 0.25) is 0 Å². The smallest absolute Gasteiger partial charge is 0.159 e. The van der Waals surface area contributed by atoms with Gasteiger partial charge in [-0.05, 0) is 133 Å². The molecule has 0 aliphatic heterocycles. The average molecular weight is 628 g/mol. The molecule has 2 nitrogen and oxygen atoms in total. The molecule has 0 saturated carbocycles. The maximum absolute atomic E-state index is 6.57. The van der Waals surface area contributed by atoms with Crippen molar-refractivity contribution in [1.82, 2.24) is 0 Å². The largest absolute Gasteiger partial charge is 0.454 e. The predicted octanol–water partition coefficient (Wildman–Crippen LogP) is 13.8. The molecular formula is C47H33NO. The SMILES string of the molecule is CC(C)c1ccc(N(c2ccc3cc4c(cc3c2)-c2cc3cc(-c5ccccc5)ccc3cc2-4)c2cccc3c2oc2ccccc23)cc1. The molecule has 0 radical (unpaired) electrons. The third-order valence-electron chi connectivity index (χ3n) is 10.3.